The Hall–Kier alpha value is -3.36. The van der Waals surface area contributed by atoms with Crippen LogP contribution in [0.25, 0.3) is 5.65 Å². The molecule has 0 saturated carbocycles. The van der Waals surface area contributed by atoms with Crippen molar-refractivity contribution >= 4 is 17.2 Å². The molecule has 30 heavy (non-hydrogen) atoms. The lowest BCUT2D eigenvalue weighted by Gasteiger charge is -2.33. The van der Waals surface area contributed by atoms with Crippen molar-refractivity contribution in [3.05, 3.63) is 51.7 Å². The maximum Gasteiger partial charge on any atom is 0.269 e. The molecule has 0 bridgehead atoms. The van der Waals surface area contributed by atoms with E-state index in [0.29, 0.717) is 29.2 Å². The SMILES string of the molecule is CCc1cn2nc(OC3CCN(c4ccc(C(=O)NC)nc4C)CC3)cc2[nH]c1=O. The maximum absolute atomic E-state index is 12.0. The maximum atomic E-state index is 12.0. The topological polar surface area (TPSA) is 105 Å². The quantitative estimate of drug-likeness (QED) is 0.663. The summed E-state index contributed by atoms with van der Waals surface area (Å²) in [7, 11) is 1.60. The largest absolute Gasteiger partial charge is 0.473 e. The molecule has 1 saturated heterocycles. The Kier molecular flexibility index (Phi) is 5.43. The lowest BCUT2D eigenvalue weighted by atomic mass is 10.1. The lowest BCUT2D eigenvalue weighted by molar-refractivity contribution is 0.0958. The molecule has 4 heterocycles. The summed E-state index contributed by atoms with van der Waals surface area (Å²) in [6.45, 7) is 5.52. The minimum absolute atomic E-state index is 0.0573. The second kappa shape index (κ2) is 8.17. The number of carbonyl (C=O) groups excluding carboxylic acids is 1. The predicted octanol–water partition coefficient (Wildman–Crippen LogP) is 1.70. The van der Waals surface area contributed by atoms with Crippen molar-refractivity contribution in [2.75, 3.05) is 25.0 Å². The van der Waals surface area contributed by atoms with Gasteiger partial charge in [0, 0.05) is 50.8 Å². The summed E-state index contributed by atoms with van der Waals surface area (Å²) >= 11 is 0. The zero-order valence-electron chi connectivity index (χ0n) is 17.4. The zero-order valence-corrected chi connectivity index (χ0v) is 17.4. The first kappa shape index (κ1) is 19.9. The Labute approximate surface area is 174 Å². The molecule has 158 valence electrons. The third-order valence-corrected chi connectivity index (χ3v) is 5.49. The molecule has 0 spiro atoms. The third kappa shape index (κ3) is 3.87. The first-order chi connectivity index (χ1) is 14.5. The second-order valence-electron chi connectivity index (χ2n) is 7.46. The number of fused-ring (bicyclic) bond motifs is 1. The van der Waals surface area contributed by atoms with E-state index in [2.05, 4.69) is 25.3 Å². The first-order valence-corrected chi connectivity index (χ1v) is 10.2. The van der Waals surface area contributed by atoms with Gasteiger partial charge in [0.05, 0.1) is 11.4 Å². The van der Waals surface area contributed by atoms with Crippen molar-refractivity contribution in [1.29, 1.82) is 0 Å². The average molecular weight is 410 g/mol. The minimum atomic E-state index is -0.184. The third-order valence-electron chi connectivity index (χ3n) is 5.49. The van der Waals surface area contributed by atoms with Gasteiger partial charge < -0.3 is 19.9 Å². The number of aryl methyl sites for hydroxylation is 2. The molecule has 9 heteroatoms. The summed E-state index contributed by atoms with van der Waals surface area (Å²) in [5.41, 5.74) is 3.54. The smallest absolute Gasteiger partial charge is 0.269 e. The normalized spacial score (nSPS) is 14.8. The predicted molar refractivity (Wildman–Crippen MR) is 113 cm³/mol. The van der Waals surface area contributed by atoms with E-state index in [0.717, 1.165) is 37.3 Å². The van der Waals surface area contributed by atoms with E-state index in [1.807, 2.05) is 19.9 Å². The number of hydrogen-bond donors (Lipinski definition) is 2. The molecule has 0 unspecified atom stereocenters. The highest BCUT2D eigenvalue weighted by molar-refractivity contribution is 5.92. The fourth-order valence-electron chi connectivity index (χ4n) is 3.80. The van der Waals surface area contributed by atoms with Crippen LogP contribution in [0.5, 0.6) is 5.88 Å². The van der Waals surface area contributed by atoms with Gasteiger partial charge in [-0.05, 0) is 25.5 Å². The van der Waals surface area contributed by atoms with Crippen LogP contribution >= 0.6 is 0 Å². The van der Waals surface area contributed by atoms with Crippen LogP contribution in [0.3, 0.4) is 0 Å². The van der Waals surface area contributed by atoms with Crippen molar-refractivity contribution in [2.45, 2.75) is 39.2 Å². The van der Waals surface area contributed by atoms with E-state index >= 15 is 0 Å². The van der Waals surface area contributed by atoms with Gasteiger partial charge in [-0.25, -0.2) is 9.50 Å². The number of carbonyl (C=O) groups is 1. The summed E-state index contributed by atoms with van der Waals surface area (Å²) in [5, 5.41) is 7.04. The molecule has 1 aliphatic rings. The number of amides is 1. The van der Waals surface area contributed by atoms with Gasteiger partial charge in [0.1, 0.15) is 17.4 Å². The summed E-state index contributed by atoms with van der Waals surface area (Å²) in [6, 6.07) is 5.47. The molecule has 2 N–H and O–H groups in total. The Morgan fingerprint density at radius 2 is 2.10 bits per heavy atom. The van der Waals surface area contributed by atoms with Crippen LogP contribution in [0.2, 0.25) is 0 Å². The molecular formula is C21H26N6O3. The molecule has 0 aromatic carbocycles. The standard InChI is InChI=1S/C21H26N6O3/c1-4-14-12-27-18(24-20(14)28)11-19(25-27)30-15-7-9-26(10-8-15)17-6-5-16(21(29)22-3)23-13(17)2/h5-6,11-12,15H,4,7-10H2,1-3H3,(H,22,29)(H,24,28). The van der Waals surface area contributed by atoms with E-state index in [9.17, 15) is 9.59 Å². The molecule has 1 aliphatic heterocycles. The number of aromatic nitrogens is 4. The number of nitrogens with one attached hydrogen (secondary N) is 2. The van der Waals surface area contributed by atoms with Crippen molar-refractivity contribution in [1.82, 2.24) is 24.9 Å². The minimum Gasteiger partial charge on any atom is -0.473 e. The molecule has 3 aromatic rings. The monoisotopic (exact) mass is 410 g/mol. The van der Waals surface area contributed by atoms with Crippen LogP contribution in [0, 0.1) is 6.92 Å². The number of nitrogens with zero attached hydrogens (tertiary/aromatic N) is 4. The molecule has 3 aromatic heterocycles. The average Bonchev–Trinajstić information content (AvgIpc) is 3.14. The van der Waals surface area contributed by atoms with Crippen LogP contribution in [-0.4, -0.2) is 51.7 Å². The number of ether oxygens (including phenoxy) is 1. The van der Waals surface area contributed by atoms with E-state index < -0.39 is 0 Å². The van der Waals surface area contributed by atoms with Gasteiger partial charge in [-0.1, -0.05) is 6.92 Å². The van der Waals surface area contributed by atoms with E-state index in [1.54, 1.807) is 29.9 Å². The lowest BCUT2D eigenvalue weighted by Crippen LogP contribution is -2.38. The molecule has 1 amide bonds. The first-order valence-electron chi connectivity index (χ1n) is 10.2. The van der Waals surface area contributed by atoms with Gasteiger partial charge >= 0.3 is 0 Å². The van der Waals surface area contributed by atoms with Crippen LogP contribution in [-0.2, 0) is 6.42 Å². The Morgan fingerprint density at radius 1 is 1.33 bits per heavy atom. The van der Waals surface area contributed by atoms with Crippen molar-refractivity contribution in [2.24, 2.45) is 0 Å². The zero-order chi connectivity index (χ0) is 21.3. The van der Waals surface area contributed by atoms with Gasteiger partial charge in [-0.2, -0.15) is 0 Å². The molecule has 4 rings (SSSR count). The van der Waals surface area contributed by atoms with Crippen LogP contribution in [0.15, 0.2) is 29.2 Å². The number of aromatic amines is 1. The van der Waals surface area contributed by atoms with Crippen molar-refractivity contribution in [3.8, 4) is 5.88 Å². The van der Waals surface area contributed by atoms with Crippen molar-refractivity contribution in [3.63, 3.8) is 0 Å². The summed E-state index contributed by atoms with van der Waals surface area (Å²) in [6.07, 6.45) is 4.16. The van der Waals surface area contributed by atoms with Gasteiger partial charge in [0.15, 0.2) is 0 Å². The number of H-pyrrole nitrogens is 1. The van der Waals surface area contributed by atoms with E-state index in [-0.39, 0.29) is 17.6 Å². The fraction of sp³-hybridized carbons (Fsp3) is 0.429. The van der Waals surface area contributed by atoms with Gasteiger partial charge in [-0.15, -0.1) is 5.10 Å². The highest BCUT2D eigenvalue weighted by Crippen LogP contribution is 2.25. The Morgan fingerprint density at radius 3 is 2.77 bits per heavy atom. The summed E-state index contributed by atoms with van der Waals surface area (Å²) < 4.78 is 7.74. The highest BCUT2D eigenvalue weighted by Gasteiger charge is 2.23. The van der Waals surface area contributed by atoms with Gasteiger partial charge in [0.2, 0.25) is 5.88 Å². The number of piperidine rings is 1. The summed E-state index contributed by atoms with van der Waals surface area (Å²) in [5.74, 6) is 0.335. The van der Waals surface area contributed by atoms with Crippen LogP contribution in [0.4, 0.5) is 5.69 Å². The number of hydrogen-bond acceptors (Lipinski definition) is 6. The number of anilines is 1. The van der Waals surface area contributed by atoms with E-state index in [1.165, 1.54) is 0 Å². The van der Waals surface area contributed by atoms with E-state index in [4.69, 9.17) is 4.74 Å². The van der Waals surface area contributed by atoms with Crippen LogP contribution in [0.1, 0.15) is 41.5 Å². The molecule has 0 radical (unpaired) electrons. The van der Waals surface area contributed by atoms with Crippen LogP contribution < -0.4 is 20.5 Å². The molecule has 0 aliphatic carbocycles. The molecule has 9 nitrogen and oxygen atoms in total. The van der Waals surface area contributed by atoms with Gasteiger partial charge in [-0.3, -0.25) is 9.59 Å². The summed E-state index contributed by atoms with van der Waals surface area (Å²) in [4.78, 5) is 33.3. The molecular weight excluding hydrogens is 384 g/mol. The number of rotatable bonds is 5. The Balaban J connectivity index is 1.41. The fourth-order valence-corrected chi connectivity index (χ4v) is 3.80. The highest BCUT2D eigenvalue weighted by atomic mass is 16.5. The number of pyridine rings is 1. The van der Waals surface area contributed by atoms with Gasteiger partial charge in [0.25, 0.3) is 11.5 Å². The molecule has 1 fully saturated rings. The second-order valence-corrected chi connectivity index (χ2v) is 7.46. The Bertz CT molecular complexity index is 1130. The molecule has 0 atom stereocenters. The van der Waals surface area contributed by atoms with Crippen molar-refractivity contribution < 1.29 is 9.53 Å².